The molecule has 0 N–H and O–H groups in total. The Balaban J connectivity index is 2.46. The SMILES string of the molecule is CCc1nn(C)c(C(=O)c2ccc(C)cc2)c1Cl. The summed E-state index contributed by atoms with van der Waals surface area (Å²) in [6.45, 7) is 3.95. The molecule has 2 rings (SSSR count). The number of aromatic nitrogens is 2. The second-order valence-corrected chi connectivity index (χ2v) is 4.66. The maximum Gasteiger partial charge on any atom is 0.212 e. The van der Waals surface area contributed by atoms with E-state index in [4.69, 9.17) is 11.6 Å². The number of carbonyl (C=O) groups is 1. The van der Waals surface area contributed by atoms with E-state index in [9.17, 15) is 4.79 Å². The summed E-state index contributed by atoms with van der Waals surface area (Å²) in [5.41, 5.74) is 2.97. The van der Waals surface area contributed by atoms with E-state index in [0.717, 1.165) is 11.3 Å². The second-order valence-electron chi connectivity index (χ2n) is 4.28. The van der Waals surface area contributed by atoms with Crippen molar-refractivity contribution in [1.29, 1.82) is 0 Å². The second kappa shape index (κ2) is 4.94. The van der Waals surface area contributed by atoms with Crippen molar-refractivity contribution in [2.75, 3.05) is 0 Å². The Hall–Kier alpha value is -1.61. The first kappa shape index (κ1) is 12.8. The van der Waals surface area contributed by atoms with Crippen LogP contribution in [0.4, 0.5) is 0 Å². The summed E-state index contributed by atoms with van der Waals surface area (Å²) in [6.07, 6.45) is 0.716. The van der Waals surface area contributed by atoms with Gasteiger partial charge >= 0.3 is 0 Å². The van der Waals surface area contributed by atoms with Crippen LogP contribution in [-0.4, -0.2) is 15.6 Å². The molecule has 1 aromatic heterocycles. The number of benzene rings is 1. The third kappa shape index (κ3) is 2.18. The van der Waals surface area contributed by atoms with E-state index in [1.807, 2.05) is 38.1 Å². The van der Waals surface area contributed by atoms with Crippen molar-refractivity contribution >= 4 is 17.4 Å². The van der Waals surface area contributed by atoms with Crippen LogP contribution in [0, 0.1) is 6.92 Å². The molecular formula is C14H15ClN2O. The van der Waals surface area contributed by atoms with Gasteiger partial charge in [-0.2, -0.15) is 5.10 Å². The van der Waals surface area contributed by atoms with E-state index in [0.29, 0.717) is 22.7 Å². The summed E-state index contributed by atoms with van der Waals surface area (Å²) in [4.78, 5) is 12.4. The standard InChI is InChI=1S/C14H15ClN2O/c1-4-11-12(15)13(17(3)16-11)14(18)10-7-5-9(2)6-8-10/h5-8H,4H2,1-3H3. The van der Waals surface area contributed by atoms with Crippen LogP contribution in [0.3, 0.4) is 0 Å². The van der Waals surface area contributed by atoms with E-state index >= 15 is 0 Å². The molecule has 2 aromatic rings. The van der Waals surface area contributed by atoms with E-state index in [-0.39, 0.29) is 5.78 Å². The van der Waals surface area contributed by atoms with Gasteiger partial charge in [-0.3, -0.25) is 9.48 Å². The molecule has 0 amide bonds. The lowest BCUT2D eigenvalue weighted by Crippen LogP contribution is -2.08. The molecule has 0 aliphatic heterocycles. The topological polar surface area (TPSA) is 34.9 Å². The molecule has 0 atom stereocenters. The van der Waals surface area contributed by atoms with Gasteiger partial charge in [-0.1, -0.05) is 48.4 Å². The number of rotatable bonds is 3. The first-order valence-corrected chi connectivity index (χ1v) is 6.25. The minimum Gasteiger partial charge on any atom is -0.287 e. The fraction of sp³-hybridized carbons (Fsp3) is 0.286. The van der Waals surface area contributed by atoms with Gasteiger partial charge in [0.05, 0.1) is 10.7 Å². The minimum atomic E-state index is -0.0882. The highest BCUT2D eigenvalue weighted by Crippen LogP contribution is 2.23. The predicted octanol–water partition coefficient (Wildman–Crippen LogP) is 3.18. The molecule has 1 heterocycles. The first-order chi connectivity index (χ1) is 8.54. The molecule has 0 aliphatic rings. The third-order valence-corrected chi connectivity index (χ3v) is 3.32. The highest BCUT2D eigenvalue weighted by molar-refractivity contribution is 6.35. The highest BCUT2D eigenvalue weighted by Gasteiger charge is 2.20. The summed E-state index contributed by atoms with van der Waals surface area (Å²) in [6, 6.07) is 7.45. The molecule has 3 nitrogen and oxygen atoms in total. The Kier molecular flexibility index (Phi) is 3.53. The molecule has 0 radical (unpaired) electrons. The number of carbonyl (C=O) groups excluding carboxylic acids is 1. The zero-order valence-corrected chi connectivity index (χ0v) is 11.5. The van der Waals surface area contributed by atoms with Gasteiger partial charge in [0.25, 0.3) is 0 Å². The Labute approximate surface area is 111 Å². The van der Waals surface area contributed by atoms with Gasteiger partial charge in [-0.25, -0.2) is 0 Å². The summed E-state index contributed by atoms with van der Waals surface area (Å²) in [7, 11) is 1.74. The van der Waals surface area contributed by atoms with E-state index in [1.54, 1.807) is 11.7 Å². The molecule has 4 heteroatoms. The molecule has 0 spiro atoms. The van der Waals surface area contributed by atoms with Crippen molar-refractivity contribution in [2.24, 2.45) is 7.05 Å². The number of halogens is 1. The van der Waals surface area contributed by atoms with Gasteiger partial charge in [0.2, 0.25) is 5.78 Å². The van der Waals surface area contributed by atoms with Crippen molar-refractivity contribution in [1.82, 2.24) is 9.78 Å². The fourth-order valence-electron chi connectivity index (χ4n) is 1.87. The van der Waals surface area contributed by atoms with E-state index in [1.165, 1.54) is 0 Å². The number of aryl methyl sites for hydroxylation is 3. The zero-order chi connectivity index (χ0) is 13.3. The zero-order valence-electron chi connectivity index (χ0n) is 10.7. The van der Waals surface area contributed by atoms with Crippen molar-refractivity contribution in [2.45, 2.75) is 20.3 Å². The number of hydrogen-bond acceptors (Lipinski definition) is 2. The van der Waals surface area contributed by atoms with Crippen LogP contribution in [0.15, 0.2) is 24.3 Å². The van der Waals surface area contributed by atoms with Gasteiger partial charge in [-0.05, 0) is 13.3 Å². The third-order valence-electron chi connectivity index (χ3n) is 2.92. The molecule has 0 fully saturated rings. The van der Waals surface area contributed by atoms with Gasteiger partial charge < -0.3 is 0 Å². The van der Waals surface area contributed by atoms with Crippen molar-refractivity contribution in [3.63, 3.8) is 0 Å². The Morgan fingerprint density at radius 1 is 1.33 bits per heavy atom. The number of hydrogen-bond donors (Lipinski definition) is 0. The number of ketones is 1. The summed E-state index contributed by atoms with van der Waals surface area (Å²) >= 11 is 6.20. The summed E-state index contributed by atoms with van der Waals surface area (Å²) in [5, 5.41) is 4.72. The van der Waals surface area contributed by atoms with Crippen LogP contribution in [0.25, 0.3) is 0 Å². The molecule has 0 aliphatic carbocycles. The molecule has 0 saturated heterocycles. The Morgan fingerprint density at radius 2 is 1.94 bits per heavy atom. The lowest BCUT2D eigenvalue weighted by molar-refractivity contribution is 0.103. The average Bonchev–Trinajstić information content (AvgIpc) is 2.64. The maximum absolute atomic E-state index is 12.4. The molecule has 0 saturated carbocycles. The van der Waals surface area contributed by atoms with Crippen molar-refractivity contribution in [3.05, 3.63) is 51.8 Å². The quantitative estimate of drug-likeness (QED) is 0.797. The van der Waals surface area contributed by atoms with Crippen molar-refractivity contribution < 1.29 is 4.79 Å². The van der Waals surface area contributed by atoms with Crippen LogP contribution >= 0.6 is 11.6 Å². The molecule has 0 bridgehead atoms. The molecular weight excluding hydrogens is 248 g/mol. The van der Waals surface area contributed by atoms with Crippen LogP contribution in [0.1, 0.15) is 34.2 Å². The lowest BCUT2D eigenvalue weighted by Gasteiger charge is -2.02. The van der Waals surface area contributed by atoms with Gasteiger partial charge in [-0.15, -0.1) is 0 Å². The predicted molar refractivity (Wildman–Crippen MR) is 72.2 cm³/mol. The largest absolute Gasteiger partial charge is 0.287 e. The van der Waals surface area contributed by atoms with Crippen molar-refractivity contribution in [3.8, 4) is 0 Å². The molecule has 1 aromatic carbocycles. The van der Waals surface area contributed by atoms with Crippen LogP contribution in [-0.2, 0) is 13.5 Å². The molecule has 94 valence electrons. The molecule has 0 unspecified atom stereocenters. The fourth-order valence-corrected chi connectivity index (χ4v) is 2.25. The highest BCUT2D eigenvalue weighted by atomic mass is 35.5. The first-order valence-electron chi connectivity index (χ1n) is 5.87. The average molecular weight is 263 g/mol. The Bertz CT molecular complexity index is 585. The number of nitrogens with zero attached hydrogens (tertiary/aromatic N) is 2. The Morgan fingerprint density at radius 3 is 2.44 bits per heavy atom. The van der Waals surface area contributed by atoms with Gasteiger partial charge in [0.15, 0.2) is 0 Å². The summed E-state index contributed by atoms with van der Waals surface area (Å²) in [5.74, 6) is -0.0882. The van der Waals surface area contributed by atoms with E-state index in [2.05, 4.69) is 5.10 Å². The van der Waals surface area contributed by atoms with Gasteiger partial charge in [0.1, 0.15) is 5.69 Å². The molecule has 18 heavy (non-hydrogen) atoms. The van der Waals surface area contributed by atoms with Gasteiger partial charge in [0, 0.05) is 12.6 Å². The maximum atomic E-state index is 12.4. The monoisotopic (exact) mass is 262 g/mol. The smallest absolute Gasteiger partial charge is 0.212 e. The van der Waals surface area contributed by atoms with Crippen LogP contribution in [0.2, 0.25) is 5.02 Å². The lowest BCUT2D eigenvalue weighted by atomic mass is 10.1. The summed E-state index contributed by atoms with van der Waals surface area (Å²) < 4.78 is 1.56. The normalized spacial score (nSPS) is 10.7. The van der Waals surface area contributed by atoms with E-state index < -0.39 is 0 Å². The van der Waals surface area contributed by atoms with Crippen LogP contribution in [0.5, 0.6) is 0 Å². The van der Waals surface area contributed by atoms with Crippen LogP contribution < -0.4 is 0 Å². The minimum absolute atomic E-state index is 0.0882.